The summed E-state index contributed by atoms with van der Waals surface area (Å²) in [6, 6.07) is 3.09. The molecule has 6 heteroatoms. The first kappa shape index (κ1) is 11.6. The van der Waals surface area contributed by atoms with Crippen molar-refractivity contribution in [2.75, 3.05) is 11.0 Å². The number of hydrogen-bond acceptors (Lipinski definition) is 2. The van der Waals surface area contributed by atoms with Crippen molar-refractivity contribution in [1.82, 2.24) is 0 Å². The summed E-state index contributed by atoms with van der Waals surface area (Å²) < 4.78 is 24.3. The van der Waals surface area contributed by atoms with Gasteiger partial charge in [-0.15, -0.1) is 0 Å². The molecule has 0 atom stereocenters. The Bertz CT molecular complexity index is 457. The van der Waals surface area contributed by atoms with Gasteiger partial charge in [0.1, 0.15) is 0 Å². The van der Waals surface area contributed by atoms with E-state index in [1.54, 1.807) is 13.0 Å². The fourth-order valence-corrected chi connectivity index (χ4v) is 1.96. The minimum absolute atomic E-state index is 0.323. The Morgan fingerprint density at radius 1 is 1.21 bits per heavy atom. The molecule has 1 rings (SSSR count). The topological polar surface area (TPSA) is 46.2 Å². The van der Waals surface area contributed by atoms with Crippen molar-refractivity contribution in [1.29, 1.82) is 0 Å². The molecule has 1 aromatic rings. The molecule has 1 aromatic carbocycles. The Labute approximate surface area is 93.1 Å². The Balaban J connectivity index is 3.17. The maximum absolute atomic E-state index is 11.0. The largest absolute Gasteiger partial charge is 0.283 e. The van der Waals surface area contributed by atoms with Gasteiger partial charge in [0.2, 0.25) is 10.0 Å². The molecule has 0 saturated carbocycles. The SMILES string of the molecule is Cc1cc(Cl)c(Cl)cc1NS(C)(=O)=O. The standard InChI is InChI=1S/C8H9Cl2NO2S/c1-5-3-6(9)7(10)4-8(5)11-14(2,12)13/h3-4,11H,1-2H3. The lowest BCUT2D eigenvalue weighted by atomic mass is 10.2. The van der Waals surface area contributed by atoms with Gasteiger partial charge in [-0.3, -0.25) is 4.72 Å². The molecule has 14 heavy (non-hydrogen) atoms. The smallest absolute Gasteiger partial charge is 0.229 e. The van der Waals surface area contributed by atoms with Gasteiger partial charge in [-0.1, -0.05) is 23.2 Å². The van der Waals surface area contributed by atoms with Crippen molar-refractivity contribution >= 4 is 38.9 Å². The van der Waals surface area contributed by atoms with E-state index in [-0.39, 0.29) is 0 Å². The number of sulfonamides is 1. The summed E-state index contributed by atoms with van der Waals surface area (Å²) in [4.78, 5) is 0. The summed E-state index contributed by atoms with van der Waals surface area (Å²) in [5, 5.41) is 0.728. The monoisotopic (exact) mass is 253 g/mol. The third-order valence-corrected chi connectivity index (χ3v) is 2.88. The van der Waals surface area contributed by atoms with Crippen LogP contribution < -0.4 is 4.72 Å². The average Bonchev–Trinajstić information content (AvgIpc) is 1.97. The summed E-state index contributed by atoms with van der Waals surface area (Å²) in [6.45, 7) is 1.75. The van der Waals surface area contributed by atoms with E-state index >= 15 is 0 Å². The molecule has 0 aliphatic rings. The third-order valence-electron chi connectivity index (χ3n) is 1.56. The second-order valence-electron chi connectivity index (χ2n) is 2.96. The number of hydrogen-bond donors (Lipinski definition) is 1. The van der Waals surface area contributed by atoms with Gasteiger partial charge in [0.15, 0.2) is 0 Å². The zero-order chi connectivity index (χ0) is 10.9. The second-order valence-corrected chi connectivity index (χ2v) is 5.52. The fraction of sp³-hybridized carbons (Fsp3) is 0.250. The molecule has 0 radical (unpaired) electrons. The molecular weight excluding hydrogens is 245 g/mol. The van der Waals surface area contributed by atoms with Crippen LogP contribution in [0.3, 0.4) is 0 Å². The van der Waals surface area contributed by atoms with E-state index < -0.39 is 10.0 Å². The highest BCUT2D eigenvalue weighted by Crippen LogP contribution is 2.28. The predicted molar refractivity (Wildman–Crippen MR) is 59.7 cm³/mol. The van der Waals surface area contributed by atoms with Crippen LogP contribution in [0.15, 0.2) is 12.1 Å². The number of aryl methyl sites for hydroxylation is 1. The molecule has 0 saturated heterocycles. The molecule has 0 fully saturated rings. The Hall–Kier alpha value is -0.450. The molecular formula is C8H9Cl2NO2S. The molecule has 0 aromatic heterocycles. The molecule has 0 aliphatic carbocycles. The van der Waals surface area contributed by atoms with Crippen molar-refractivity contribution in [3.05, 3.63) is 27.7 Å². The van der Waals surface area contributed by atoms with Gasteiger partial charge >= 0.3 is 0 Å². The van der Waals surface area contributed by atoms with Crippen LogP contribution in [0, 0.1) is 6.92 Å². The van der Waals surface area contributed by atoms with Crippen molar-refractivity contribution in [3.8, 4) is 0 Å². The Morgan fingerprint density at radius 2 is 1.71 bits per heavy atom. The number of benzene rings is 1. The molecule has 0 spiro atoms. The lowest BCUT2D eigenvalue weighted by Gasteiger charge is -2.08. The van der Waals surface area contributed by atoms with Crippen LogP contribution in [0.2, 0.25) is 10.0 Å². The maximum Gasteiger partial charge on any atom is 0.229 e. The van der Waals surface area contributed by atoms with Crippen molar-refractivity contribution < 1.29 is 8.42 Å². The van der Waals surface area contributed by atoms with Crippen LogP contribution in [0.25, 0.3) is 0 Å². The van der Waals surface area contributed by atoms with Gasteiger partial charge in [0.25, 0.3) is 0 Å². The minimum atomic E-state index is -3.28. The normalized spacial score (nSPS) is 11.4. The summed E-state index contributed by atoms with van der Waals surface area (Å²) in [5.41, 5.74) is 1.17. The molecule has 0 unspecified atom stereocenters. The Kier molecular flexibility index (Phi) is 3.29. The van der Waals surface area contributed by atoms with Gasteiger partial charge in [0.05, 0.1) is 22.0 Å². The van der Waals surface area contributed by atoms with E-state index in [1.807, 2.05) is 0 Å². The quantitative estimate of drug-likeness (QED) is 0.881. The average molecular weight is 254 g/mol. The van der Waals surface area contributed by atoms with E-state index in [2.05, 4.69) is 4.72 Å². The van der Waals surface area contributed by atoms with Gasteiger partial charge in [-0.2, -0.15) is 0 Å². The first-order valence-corrected chi connectivity index (χ1v) is 6.38. The molecule has 0 amide bonds. The fourth-order valence-electron chi connectivity index (χ4n) is 0.956. The van der Waals surface area contributed by atoms with Crippen molar-refractivity contribution in [3.63, 3.8) is 0 Å². The van der Waals surface area contributed by atoms with Crippen LogP contribution in [0.1, 0.15) is 5.56 Å². The number of rotatable bonds is 2. The molecule has 0 bridgehead atoms. The van der Waals surface area contributed by atoms with E-state index in [0.29, 0.717) is 15.7 Å². The number of halogens is 2. The zero-order valence-electron chi connectivity index (χ0n) is 7.64. The van der Waals surface area contributed by atoms with Gasteiger partial charge in [-0.25, -0.2) is 8.42 Å². The van der Waals surface area contributed by atoms with E-state index in [4.69, 9.17) is 23.2 Å². The van der Waals surface area contributed by atoms with Gasteiger partial charge in [0, 0.05) is 0 Å². The van der Waals surface area contributed by atoms with Crippen LogP contribution in [0.5, 0.6) is 0 Å². The third kappa shape index (κ3) is 3.04. The van der Waals surface area contributed by atoms with E-state index in [0.717, 1.165) is 11.8 Å². The molecule has 1 N–H and O–H groups in total. The van der Waals surface area contributed by atoms with Gasteiger partial charge in [-0.05, 0) is 24.6 Å². The first-order chi connectivity index (χ1) is 6.29. The summed E-state index contributed by atoms with van der Waals surface area (Å²) >= 11 is 11.5. The zero-order valence-corrected chi connectivity index (χ0v) is 9.96. The van der Waals surface area contributed by atoms with Crippen molar-refractivity contribution in [2.24, 2.45) is 0 Å². The highest BCUT2D eigenvalue weighted by atomic mass is 35.5. The summed E-state index contributed by atoms with van der Waals surface area (Å²) in [7, 11) is -3.28. The molecule has 3 nitrogen and oxygen atoms in total. The van der Waals surface area contributed by atoms with Crippen LogP contribution in [-0.4, -0.2) is 14.7 Å². The Morgan fingerprint density at radius 3 is 2.21 bits per heavy atom. The van der Waals surface area contributed by atoms with Crippen molar-refractivity contribution in [2.45, 2.75) is 6.92 Å². The second kappa shape index (κ2) is 3.96. The first-order valence-electron chi connectivity index (χ1n) is 3.73. The van der Waals surface area contributed by atoms with Crippen LogP contribution >= 0.6 is 23.2 Å². The predicted octanol–water partition coefficient (Wildman–Crippen LogP) is 2.67. The lowest BCUT2D eigenvalue weighted by Crippen LogP contribution is -2.10. The highest BCUT2D eigenvalue weighted by Gasteiger charge is 2.07. The summed E-state index contributed by atoms with van der Waals surface area (Å²) in [6.07, 6.45) is 1.08. The molecule has 78 valence electrons. The van der Waals surface area contributed by atoms with Crippen LogP contribution in [0.4, 0.5) is 5.69 Å². The van der Waals surface area contributed by atoms with E-state index in [9.17, 15) is 8.42 Å². The van der Waals surface area contributed by atoms with Gasteiger partial charge < -0.3 is 0 Å². The number of nitrogens with one attached hydrogen (secondary N) is 1. The molecule has 0 heterocycles. The lowest BCUT2D eigenvalue weighted by molar-refractivity contribution is 0.607. The summed E-state index contributed by atoms with van der Waals surface area (Å²) in [5.74, 6) is 0. The van der Waals surface area contributed by atoms with E-state index in [1.165, 1.54) is 6.07 Å². The number of anilines is 1. The van der Waals surface area contributed by atoms with Crippen LogP contribution in [-0.2, 0) is 10.0 Å². The maximum atomic E-state index is 11.0. The molecule has 0 aliphatic heterocycles. The minimum Gasteiger partial charge on any atom is -0.283 e. The highest BCUT2D eigenvalue weighted by molar-refractivity contribution is 7.92.